The van der Waals surface area contributed by atoms with Gasteiger partial charge in [0.05, 0.1) is 5.56 Å². The van der Waals surface area contributed by atoms with E-state index < -0.39 is 5.91 Å². The van der Waals surface area contributed by atoms with Crippen molar-refractivity contribution in [3.8, 4) is 5.75 Å². The van der Waals surface area contributed by atoms with Gasteiger partial charge in [0.2, 0.25) is 0 Å². The molecule has 6 heteroatoms. The van der Waals surface area contributed by atoms with Gasteiger partial charge in [-0.05, 0) is 12.1 Å². The molecule has 102 valence electrons. The third kappa shape index (κ3) is 3.03. The Morgan fingerprint density at radius 3 is 2.68 bits per heavy atom. The van der Waals surface area contributed by atoms with Crippen LogP contribution in [-0.4, -0.2) is 48.1 Å². The van der Waals surface area contributed by atoms with E-state index in [1.165, 1.54) is 0 Å². The Morgan fingerprint density at radius 1 is 1.37 bits per heavy atom. The van der Waals surface area contributed by atoms with Crippen LogP contribution in [0.2, 0.25) is 0 Å². The van der Waals surface area contributed by atoms with Gasteiger partial charge in [-0.25, -0.2) is 0 Å². The van der Waals surface area contributed by atoms with Gasteiger partial charge in [-0.15, -0.1) is 0 Å². The van der Waals surface area contributed by atoms with E-state index in [1.807, 2.05) is 0 Å². The van der Waals surface area contributed by atoms with Gasteiger partial charge in [-0.2, -0.15) is 0 Å². The van der Waals surface area contributed by atoms with Crippen LogP contribution in [0.5, 0.6) is 5.75 Å². The summed E-state index contributed by atoms with van der Waals surface area (Å²) in [6, 6.07) is 6.53. The Balaban J connectivity index is 1.89. The molecule has 0 atom stereocenters. The summed E-state index contributed by atoms with van der Waals surface area (Å²) in [4.78, 5) is 24.5. The lowest BCUT2D eigenvalue weighted by molar-refractivity contribution is -0.140. The Bertz CT molecular complexity index is 483. The number of amides is 2. The van der Waals surface area contributed by atoms with Crippen molar-refractivity contribution in [2.45, 2.75) is 0 Å². The molecule has 1 fully saturated rings. The van der Waals surface area contributed by atoms with Crippen molar-refractivity contribution in [1.82, 2.24) is 4.90 Å². The highest BCUT2D eigenvalue weighted by molar-refractivity contribution is 5.95. The minimum Gasteiger partial charge on any atom is -0.483 e. The summed E-state index contributed by atoms with van der Waals surface area (Å²) in [7, 11) is 0. The molecular formula is C13H16N2O4. The summed E-state index contributed by atoms with van der Waals surface area (Å²) in [5.74, 6) is -0.277. The van der Waals surface area contributed by atoms with E-state index in [0.717, 1.165) is 0 Å². The van der Waals surface area contributed by atoms with Crippen molar-refractivity contribution >= 4 is 11.8 Å². The molecule has 0 radical (unpaired) electrons. The molecule has 0 aliphatic carbocycles. The lowest BCUT2D eigenvalue weighted by atomic mass is 10.0. The van der Waals surface area contributed by atoms with E-state index in [9.17, 15) is 9.59 Å². The minimum atomic E-state index is -0.590. The van der Waals surface area contributed by atoms with E-state index >= 15 is 0 Å². The molecule has 1 saturated heterocycles. The number of ether oxygens (including phenoxy) is 1. The maximum absolute atomic E-state index is 11.7. The molecule has 19 heavy (non-hydrogen) atoms. The van der Waals surface area contributed by atoms with Gasteiger partial charge in [0.1, 0.15) is 5.75 Å². The molecule has 1 aromatic rings. The van der Waals surface area contributed by atoms with Crippen LogP contribution in [0.3, 0.4) is 0 Å². The topological polar surface area (TPSA) is 92.9 Å². The van der Waals surface area contributed by atoms with Gasteiger partial charge in [-0.1, -0.05) is 12.1 Å². The van der Waals surface area contributed by atoms with Crippen LogP contribution >= 0.6 is 0 Å². The van der Waals surface area contributed by atoms with E-state index in [-0.39, 0.29) is 30.6 Å². The molecule has 1 aliphatic rings. The van der Waals surface area contributed by atoms with Crippen LogP contribution in [0.25, 0.3) is 0 Å². The fourth-order valence-electron chi connectivity index (χ4n) is 1.92. The first-order valence-electron chi connectivity index (χ1n) is 6.02. The van der Waals surface area contributed by atoms with Gasteiger partial charge < -0.3 is 20.5 Å². The number of nitrogens with two attached hydrogens (primary N) is 1. The summed E-state index contributed by atoms with van der Waals surface area (Å²) in [6.45, 7) is 1.06. The number of rotatable bonds is 5. The van der Waals surface area contributed by atoms with Crippen molar-refractivity contribution < 1.29 is 19.4 Å². The molecule has 0 aromatic heterocycles. The van der Waals surface area contributed by atoms with Crippen molar-refractivity contribution in [2.75, 3.05) is 26.3 Å². The first kappa shape index (κ1) is 13.4. The number of nitrogens with zero attached hydrogens (tertiary/aromatic N) is 1. The number of aliphatic hydroxyl groups is 1. The number of likely N-dealkylation sites (tertiary alicyclic amines) is 1. The van der Waals surface area contributed by atoms with Gasteiger partial charge >= 0.3 is 0 Å². The van der Waals surface area contributed by atoms with E-state index in [2.05, 4.69) is 0 Å². The molecule has 1 aliphatic heterocycles. The second-order valence-corrected chi connectivity index (χ2v) is 4.50. The molecule has 0 bridgehead atoms. The molecule has 1 aromatic carbocycles. The first-order chi connectivity index (χ1) is 9.11. The second kappa shape index (κ2) is 5.71. The number of benzene rings is 1. The number of hydrogen-bond acceptors (Lipinski definition) is 4. The monoisotopic (exact) mass is 264 g/mol. The van der Waals surface area contributed by atoms with E-state index in [0.29, 0.717) is 18.8 Å². The molecule has 3 N–H and O–H groups in total. The predicted octanol–water partition coefficient (Wildman–Crippen LogP) is -0.385. The highest BCUT2D eigenvalue weighted by atomic mass is 16.5. The zero-order chi connectivity index (χ0) is 13.8. The highest BCUT2D eigenvalue weighted by Gasteiger charge is 2.30. The molecule has 0 spiro atoms. The van der Waals surface area contributed by atoms with E-state index in [4.69, 9.17) is 15.6 Å². The van der Waals surface area contributed by atoms with Crippen LogP contribution in [0.15, 0.2) is 24.3 Å². The second-order valence-electron chi connectivity index (χ2n) is 4.50. The molecular weight excluding hydrogens is 248 g/mol. The number of aliphatic hydroxyl groups excluding tert-OH is 1. The van der Waals surface area contributed by atoms with Crippen LogP contribution in [-0.2, 0) is 4.79 Å². The van der Waals surface area contributed by atoms with Crippen LogP contribution in [0, 0.1) is 5.92 Å². The predicted molar refractivity (Wildman–Crippen MR) is 67.6 cm³/mol. The standard InChI is InChI=1S/C13H16N2O4/c14-13(18)10-3-1-2-4-11(10)19-8-12(17)15-5-9(6-15)7-16/h1-4,9,16H,5-8H2,(H2,14,18). The molecule has 2 rings (SSSR count). The van der Waals surface area contributed by atoms with Crippen LogP contribution < -0.4 is 10.5 Å². The normalized spacial score (nSPS) is 14.9. The van der Waals surface area contributed by atoms with Gasteiger partial charge in [-0.3, -0.25) is 9.59 Å². The van der Waals surface area contributed by atoms with Gasteiger partial charge in [0, 0.05) is 25.6 Å². The van der Waals surface area contributed by atoms with Crippen LogP contribution in [0.1, 0.15) is 10.4 Å². The zero-order valence-corrected chi connectivity index (χ0v) is 10.4. The highest BCUT2D eigenvalue weighted by Crippen LogP contribution is 2.18. The van der Waals surface area contributed by atoms with Crippen molar-refractivity contribution in [2.24, 2.45) is 11.7 Å². The van der Waals surface area contributed by atoms with Gasteiger partial charge in [0.15, 0.2) is 6.61 Å². The fourth-order valence-corrected chi connectivity index (χ4v) is 1.92. The average Bonchev–Trinajstić information content (AvgIpc) is 2.35. The Kier molecular flexibility index (Phi) is 4.01. The summed E-state index contributed by atoms with van der Waals surface area (Å²) >= 11 is 0. The van der Waals surface area contributed by atoms with Crippen molar-refractivity contribution in [1.29, 1.82) is 0 Å². The maximum Gasteiger partial charge on any atom is 0.260 e. The molecule has 6 nitrogen and oxygen atoms in total. The molecule has 2 amide bonds. The summed E-state index contributed by atoms with van der Waals surface area (Å²) in [6.07, 6.45) is 0. The third-order valence-corrected chi connectivity index (χ3v) is 3.07. The summed E-state index contributed by atoms with van der Waals surface area (Å²) in [5.41, 5.74) is 5.47. The maximum atomic E-state index is 11.7. The van der Waals surface area contributed by atoms with E-state index in [1.54, 1.807) is 29.2 Å². The first-order valence-corrected chi connectivity index (χ1v) is 6.02. The lowest BCUT2D eigenvalue weighted by Gasteiger charge is -2.38. The summed E-state index contributed by atoms with van der Waals surface area (Å²) in [5, 5.41) is 8.87. The number of hydrogen-bond donors (Lipinski definition) is 2. The molecule has 1 heterocycles. The number of primary amides is 1. The molecule has 0 saturated carbocycles. The molecule has 0 unspecified atom stereocenters. The third-order valence-electron chi connectivity index (χ3n) is 3.07. The quantitative estimate of drug-likeness (QED) is 0.758. The number of carbonyl (C=O) groups excluding carboxylic acids is 2. The lowest BCUT2D eigenvalue weighted by Crippen LogP contribution is -2.52. The van der Waals surface area contributed by atoms with Crippen molar-refractivity contribution in [3.63, 3.8) is 0 Å². The average molecular weight is 264 g/mol. The Labute approximate surface area is 110 Å². The van der Waals surface area contributed by atoms with Crippen LogP contribution in [0.4, 0.5) is 0 Å². The minimum absolute atomic E-state index is 0.0924. The summed E-state index contributed by atoms with van der Waals surface area (Å²) < 4.78 is 5.33. The Morgan fingerprint density at radius 2 is 2.05 bits per heavy atom. The fraction of sp³-hybridized carbons (Fsp3) is 0.385. The number of carbonyl (C=O) groups is 2. The number of para-hydroxylation sites is 1. The Hall–Kier alpha value is -2.08. The largest absolute Gasteiger partial charge is 0.483 e. The van der Waals surface area contributed by atoms with Crippen molar-refractivity contribution in [3.05, 3.63) is 29.8 Å². The SMILES string of the molecule is NC(=O)c1ccccc1OCC(=O)N1CC(CO)C1. The van der Waals surface area contributed by atoms with Gasteiger partial charge in [0.25, 0.3) is 11.8 Å². The smallest absolute Gasteiger partial charge is 0.260 e. The zero-order valence-electron chi connectivity index (χ0n) is 10.4.